The molecule has 1 aromatic carbocycles. The van der Waals surface area contributed by atoms with Crippen LogP contribution in [0, 0.1) is 0 Å². The van der Waals surface area contributed by atoms with Crippen LogP contribution >= 0.6 is 0 Å². The number of nitrogens with zero attached hydrogens (tertiary/aromatic N) is 1. The minimum Gasteiger partial charge on any atom is -0.354 e. The third-order valence-corrected chi connectivity index (χ3v) is 3.01. The highest BCUT2D eigenvalue weighted by molar-refractivity contribution is 5.79. The lowest BCUT2D eigenvalue weighted by Crippen LogP contribution is -2.32. The molecule has 0 radical (unpaired) electrons. The molecule has 18 heavy (non-hydrogen) atoms. The van der Waals surface area contributed by atoms with Gasteiger partial charge < -0.3 is 9.88 Å². The molecule has 2 aromatic rings. The summed E-state index contributed by atoms with van der Waals surface area (Å²) >= 11 is 0. The van der Waals surface area contributed by atoms with E-state index in [2.05, 4.69) is 17.4 Å². The van der Waals surface area contributed by atoms with E-state index in [9.17, 15) is 4.79 Å². The van der Waals surface area contributed by atoms with E-state index in [-0.39, 0.29) is 11.9 Å². The number of benzene rings is 1. The smallest absolute Gasteiger partial charge is 0.242 e. The van der Waals surface area contributed by atoms with E-state index in [0.717, 1.165) is 6.42 Å². The standard InChI is InChI=1S/C15H18N2O/c1-13(17-11-5-6-12-17)15(18)16-10-9-14-7-3-2-4-8-14/h2-8,11-13H,9-10H2,1H3,(H,16,18)/t13-/m0/s1. The number of rotatable bonds is 5. The normalized spacial score (nSPS) is 12.1. The van der Waals surface area contributed by atoms with Crippen LogP contribution in [0.25, 0.3) is 0 Å². The molecule has 0 spiro atoms. The van der Waals surface area contributed by atoms with Crippen molar-refractivity contribution >= 4 is 5.91 Å². The lowest BCUT2D eigenvalue weighted by atomic mass is 10.1. The second kappa shape index (κ2) is 6.05. The van der Waals surface area contributed by atoms with Gasteiger partial charge in [0.15, 0.2) is 0 Å². The molecule has 0 unspecified atom stereocenters. The monoisotopic (exact) mass is 242 g/mol. The third-order valence-electron chi connectivity index (χ3n) is 3.01. The highest BCUT2D eigenvalue weighted by atomic mass is 16.2. The maximum Gasteiger partial charge on any atom is 0.242 e. The van der Waals surface area contributed by atoms with Gasteiger partial charge in [0.1, 0.15) is 6.04 Å². The number of nitrogens with one attached hydrogen (secondary N) is 1. The van der Waals surface area contributed by atoms with Crippen molar-refractivity contribution in [1.82, 2.24) is 9.88 Å². The van der Waals surface area contributed by atoms with E-state index in [1.807, 2.05) is 54.2 Å². The van der Waals surface area contributed by atoms with Crippen molar-refractivity contribution in [2.24, 2.45) is 0 Å². The number of aromatic nitrogens is 1. The van der Waals surface area contributed by atoms with Crippen LogP contribution in [-0.4, -0.2) is 17.0 Å². The van der Waals surface area contributed by atoms with Gasteiger partial charge in [0.25, 0.3) is 0 Å². The number of hydrogen-bond acceptors (Lipinski definition) is 1. The third kappa shape index (κ3) is 3.23. The van der Waals surface area contributed by atoms with Gasteiger partial charge in [-0.1, -0.05) is 30.3 Å². The van der Waals surface area contributed by atoms with E-state index in [1.165, 1.54) is 5.56 Å². The molecule has 1 amide bonds. The van der Waals surface area contributed by atoms with E-state index < -0.39 is 0 Å². The number of amides is 1. The summed E-state index contributed by atoms with van der Waals surface area (Å²) in [4.78, 5) is 11.9. The van der Waals surface area contributed by atoms with Gasteiger partial charge >= 0.3 is 0 Å². The zero-order chi connectivity index (χ0) is 12.8. The first-order valence-electron chi connectivity index (χ1n) is 6.21. The van der Waals surface area contributed by atoms with Gasteiger partial charge in [-0.05, 0) is 31.0 Å². The second-order valence-corrected chi connectivity index (χ2v) is 4.33. The Bertz CT molecular complexity index is 476. The molecule has 1 atom stereocenters. The summed E-state index contributed by atoms with van der Waals surface area (Å²) in [5.41, 5.74) is 1.24. The fourth-order valence-corrected chi connectivity index (χ4v) is 1.86. The van der Waals surface area contributed by atoms with Gasteiger partial charge in [-0.15, -0.1) is 0 Å². The molecule has 2 rings (SSSR count). The lowest BCUT2D eigenvalue weighted by molar-refractivity contribution is -0.123. The Balaban J connectivity index is 1.79. The van der Waals surface area contributed by atoms with Crippen molar-refractivity contribution < 1.29 is 4.79 Å². The SMILES string of the molecule is C[C@@H](C(=O)NCCc1ccccc1)n1cccc1. The fourth-order valence-electron chi connectivity index (χ4n) is 1.86. The van der Waals surface area contributed by atoms with Crippen molar-refractivity contribution in [2.45, 2.75) is 19.4 Å². The van der Waals surface area contributed by atoms with Crippen molar-refractivity contribution in [2.75, 3.05) is 6.54 Å². The van der Waals surface area contributed by atoms with Crippen LogP contribution in [-0.2, 0) is 11.2 Å². The highest BCUT2D eigenvalue weighted by Crippen LogP contribution is 2.05. The molecule has 94 valence electrons. The number of carbonyl (C=O) groups excluding carboxylic acids is 1. The molecular formula is C15H18N2O. The van der Waals surface area contributed by atoms with Crippen LogP contribution in [0.5, 0.6) is 0 Å². The topological polar surface area (TPSA) is 34.0 Å². The Kier molecular flexibility index (Phi) is 4.18. The Hall–Kier alpha value is -2.03. The average molecular weight is 242 g/mol. The summed E-state index contributed by atoms with van der Waals surface area (Å²) in [5, 5.41) is 2.96. The summed E-state index contributed by atoms with van der Waals surface area (Å²) in [5.74, 6) is 0.0575. The summed E-state index contributed by atoms with van der Waals surface area (Å²) in [6.45, 7) is 2.58. The van der Waals surface area contributed by atoms with Crippen LogP contribution in [0.1, 0.15) is 18.5 Å². The van der Waals surface area contributed by atoms with Crippen LogP contribution in [0.3, 0.4) is 0 Å². The van der Waals surface area contributed by atoms with Crippen molar-refractivity contribution in [1.29, 1.82) is 0 Å². The van der Waals surface area contributed by atoms with Crippen molar-refractivity contribution in [3.8, 4) is 0 Å². The molecule has 0 bridgehead atoms. The molecular weight excluding hydrogens is 224 g/mol. The van der Waals surface area contributed by atoms with Gasteiger partial charge in [-0.3, -0.25) is 4.79 Å². The Morgan fingerprint density at radius 1 is 1.17 bits per heavy atom. The molecule has 0 aliphatic heterocycles. The highest BCUT2D eigenvalue weighted by Gasteiger charge is 2.12. The van der Waals surface area contributed by atoms with Crippen molar-refractivity contribution in [3.63, 3.8) is 0 Å². The van der Waals surface area contributed by atoms with E-state index >= 15 is 0 Å². The largest absolute Gasteiger partial charge is 0.354 e. The zero-order valence-electron chi connectivity index (χ0n) is 10.5. The maximum absolute atomic E-state index is 11.9. The van der Waals surface area contributed by atoms with Gasteiger partial charge in [0.2, 0.25) is 5.91 Å². The maximum atomic E-state index is 11.9. The summed E-state index contributed by atoms with van der Waals surface area (Å²) in [6, 6.07) is 13.9. The van der Waals surface area contributed by atoms with Crippen LogP contribution in [0.15, 0.2) is 54.9 Å². The van der Waals surface area contributed by atoms with Crippen LogP contribution in [0.4, 0.5) is 0 Å². The minimum absolute atomic E-state index is 0.0575. The molecule has 0 aliphatic rings. The molecule has 0 saturated carbocycles. The Morgan fingerprint density at radius 2 is 1.83 bits per heavy atom. The fraction of sp³-hybridized carbons (Fsp3) is 0.267. The number of carbonyl (C=O) groups is 1. The predicted octanol–water partition coefficient (Wildman–Crippen LogP) is 2.41. The van der Waals surface area contributed by atoms with Gasteiger partial charge in [0.05, 0.1) is 0 Å². The van der Waals surface area contributed by atoms with Gasteiger partial charge in [-0.2, -0.15) is 0 Å². The molecule has 0 saturated heterocycles. The molecule has 0 aliphatic carbocycles. The van der Waals surface area contributed by atoms with E-state index in [4.69, 9.17) is 0 Å². The van der Waals surface area contributed by atoms with Gasteiger partial charge in [0, 0.05) is 18.9 Å². The first-order valence-corrected chi connectivity index (χ1v) is 6.21. The predicted molar refractivity (Wildman–Crippen MR) is 72.3 cm³/mol. The molecule has 1 heterocycles. The zero-order valence-corrected chi connectivity index (χ0v) is 10.5. The molecule has 3 nitrogen and oxygen atoms in total. The van der Waals surface area contributed by atoms with E-state index in [1.54, 1.807) is 0 Å². The minimum atomic E-state index is -0.157. The summed E-state index contributed by atoms with van der Waals surface area (Å²) in [6.07, 6.45) is 4.67. The first-order chi connectivity index (χ1) is 8.77. The molecule has 0 fully saturated rings. The lowest BCUT2D eigenvalue weighted by Gasteiger charge is -2.13. The molecule has 1 aromatic heterocycles. The van der Waals surface area contributed by atoms with Gasteiger partial charge in [-0.25, -0.2) is 0 Å². The van der Waals surface area contributed by atoms with Crippen molar-refractivity contribution in [3.05, 3.63) is 60.4 Å². The second-order valence-electron chi connectivity index (χ2n) is 4.33. The number of hydrogen-bond donors (Lipinski definition) is 1. The van der Waals surface area contributed by atoms with Crippen LogP contribution in [0.2, 0.25) is 0 Å². The summed E-state index contributed by atoms with van der Waals surface area (Å²) in [7, 11) is 0. The molecule has 1 N–H and O–H groups in total. The van der Waals surface area contributed by atoms with Crippen LogP contribution < -0.4 is 5.32 Å². The quantitative estimate of drug-likeness (QED) is 0.858. The Morgan fingerprint density at radius 3 is 2.50 bits per heavy atom. The average Bonchev–Trinajstić information content (AvgIpc) is 2.93. The summed E-state index contributed by atoms with van der Waals surface area (Å²) < 4.78 is 1.90. The van der Waals surface area contributed by atoms with E-state index in [0.29, 0.717) is 6.54 Å². The first kappa shape index (κ1) is 12.4. The Labute approximate surface area is 107 Å². The molecule has 3 heteroatoms.